The third-order valence-electron chi connectivity index (χ3n) is 3.77. The Hall–Kier alpha value is -1.06. The summed E-state index contributed by atoms with van der Waals surface area (Å²) in [4.78, 5) is 22.8. The van der Waals surface area contributed by atoms with Crippen LogP contribution in [0.3, 0.4) is 0 Å². The maximum Gasteiger partial charge on any atom is 0.306 e. The number of carboxylic acid groups (broad SMARTS) is 1. The fourth-order valence-electron chi connectivity index (χ4n) is 2.58. The average molecular weight is 255 g/mol. The Morgan fingerprint density at radius 2 is 1.83 bits per heavy atom. The summed E-state index contributed by atoms with van der Waals surface area (Å²) in [5.74, 6) is -1.13. The lowest BCUT2D eigenvalue weighted by molar-refractivity contribution is -0.143. The minimum Gasteiger partial charge on any atom is -0.481 e. The van der Waals surface area contributed by atoms with E-state index in [1.165, 1.54) is 19.3 Å². The third-order valence-corrected chi connectivity index (χ3v) is 3.77. The summed E-state index contributed by atoms with van der Waals surface area (Å²) >= 11 is 0. The number of hydrogen-bond acceptors (Lipinski definition) is 2. The van der Waals surface area contributed by atoms with Gasteiger partial charge in [0, 0.05) is 12.5 Å². The highest BCUT2D eigenvalue weighted by molar-refractivity contribution is 5.77. The van der Waals surface area contributed by atoms with Gasteiger partial charge in [-0.15, -0.1) is 0 Å². The number of rotatable bonds is 6. The minimum absolute atomic E-state index is 0.00815. The molecule has 0 aromatic rings. The van der Waals surface area contributed by atoms with Gasteiger partial charge >= 0.3 is 5.97 Å². The molecule has 2 N–H and O–H groups in total. The van der Waals surface area contributed by atoms with Crippen LogP contribution in [-0.2, 0) is 9.59 Å². The first-order valence-corrected chi connectivity index (χ1v) is 7.03. The van der Waals surface area contributed by atoms with Crippen molar-refractivity contribution in [3.63, 3.8) is 0 Å². The molecular weight excluding hydrogens is 230 g/mol. The van der Waals surface area contributed by atoms with Crippen molar-refractivity contribution in [2.24, 2.45) is 11.8 Å². The first-order chi connectivity index (χ1) is 8.50. The summed E-state index contributed by atoms with van der Waals surface area (Å²) in [7, 11) is 0. The van der Waals surface area contributed by atoms with Crippen LogP contribution in [0.1, 0.15) is 58.8 Å². The van der Waals surface area contributed by atoms with Crippen LogP contribution < -0.4 is 5.32 Å². The lowest BCUT2D eigenvalue weighted by Crippen LogP contribution is -2.36. The fourth-order valence-corrected chi connectivity index (χ4v) is 2.58. The highest BCUT2D eigenvalue weighted by Crippen LogP contribution is 2.19. The number of aliphatic carboxylic acids is 1. The number of carboxylic acids is 1. The normalized spacial score (nSPS) is 18.6. The smallest absolute Gasteiger partial charge is 0.306 e. The van der Waals surface area contributed by atoms with Gasteiger partial charge in [0.05, 0.1) is 5.92 Å². The summed E-state index contributed by atoms with van der Waals surface area (Å²) in [6.45, 7) is 3.77. The molecule has 18 heavy (non-hydrogen) atoms. The standard InChI is InChI=1S/C14H25NO3/c1-10(2)12(14(17)18)8-9-13(16)15-11-6-4-3-5-7-11/h10-12H,3-9H2,1-2H3,(H,15,16)(H,17,18)/t12-/m1/s1. The van der Waals surface area contributed by atoms with E-state index < -0.39 is 11.9 Å². The molecule has 0 saturated heterocycles. The number of nitrogens with one attached hydrogen (secondary N) is 1. The van der Waals surface area contributed by atoms with Crippen molar-refractivity contribution >= 4 is 11.9 Å². The van der Waals surface area contributed by atoms with Crippen LogP contribution in [0, 0.1) is 11.8 Å². The highest BCUT2D eigenvalue weighted by Gasteiger charge is 2.23. The summed E-state index contributed by atoms with van der Waals surface area (Å²) in [6, 6.07) is 0.313. The Morgan fingerprint density at radius 3 is 2.33 bits per heavy atom. The average Bonchev–Trinajstić information content (AvgIpc) is 2.29. The molecule has 0 radical (unpaired) electrons. The molecule has 1 amide bonds. The van der Waals surface area contributed by atoms with Gasteiger partial charge in [-0.2, -0.15) is 0 Å². The van der Waals surface area contributed by atoms with Gasteiger partial charge in [-0.25, -0.2) is 0 Å². The Kier molecular flexibility index (Phi) is 6.16. The molecule has 1 atom stereocenters. The van der Waals surface area contributed by atoms with E-state index >= 15 is 0 Å². The lowest BCUT2D eigenvalue weighted by Gasteiger charge is -2.23. The maximum atomic E-state index is 11.8. The predicted molar refractivity (Wildman–Crippen MR) is 70.2 cm³/mol. The van der Waals surface area contributed by atoms with Crippen molar-refractivity contribution in [2.75, 3.05) is 0 Å². The van der Waals surface area contributed by atoms with Crippen LogP contribution in [0.15, 0.2) is 0 Å². The van der Waals surface area contributed by atoms with Crippen LogP contribution in [0.25, 0.3) is 0 Å². The van der Waals surface area contributed by atoms with Crippen molar-refractivity contribution in [3.8, 4) is 0 Å². The van der Waals surface area contributed by atoms with Crippen molar-refractivity contribution in [1.82, 2.24) is 5.32 Å². The van der Waals surface area contributed by atoms with Crippen LogP contribution in [-0.4, -0.2) is 23.0 Å². The summed E-state index contributed by atoms with van der Waals surface area (Å²) in [6.07, 6.45) is 6.54. The molecule has 0 unspecified atom stereocenters. The van der Waals surface area contributed by atoms with Crippen LogP contribution in [0.2, 0.25) is 0 Å². The van der Waals surface area contributed by atoms with Crippen LogP contribution >= 0.6 is 0 Å². The molecular formula is C14H25NO3. The molecule has 1 fully saturated rings. The summed E-state index contributed by atoms with van der Waals surface area (Å²) in [5, 5.41) is 12.1. The molecule has 0 heterocycles. The van der Waals surface area contributed by atoms with Gasteiger partial charge in [0.2, 0.25) is 5.91 Å². The Labute approximate surface area is 109 Å². The van der Waals surface area contributed by atoms with Crippen LogP contribution in [0.5, 0.6) is 0 Å². The fraction of sp³-hybridized carbons (Fsp3) is 0.857. The lowest BCUT2D eigenvalue weighted by atomic mass is 9.91. The SMILES string of the molecule is CC(C)[C@@H](CCC(=O)NC1CCCCC1)C(=O)O. The van der Waals surface area contributed by atoms with Gasteiger partial charge in [0.1, 0.15) is 0 Å². The van der Waals surface area contributed by atoms with E-state index in [4.69, 9.17) is 5.11 Å². The van der Waals surface area contributed by atoms with Gasteiger partial charge in [0.25, 0.3) is 0 Å². The molecule has 0 bridgehead atoms. The number of amides is 1. The molecule has 0 aliphatic heterocycles. The quantitative estimate of drug-likeness (QED) is 0.766. The molecule has 4 heteroatoms. The third kappa shape index (κ3) is 5.07. The van der Waals surface area contributed by atoms with Gasteiger partial charge in [-0.3, -0.25) is 9.59 Å². The highest BCUT2D eigenvalue weighted by atomic mass is 16.4. The van der Waals surface area contributed by atoms with Crippen molar-refractivity contribution < 1.29 is 14.7 Å². The van der Waals surface area contributed by atoms with E-state index in [2.05, 4.69) is 5.32 Å². The van der Waals surface area contributed by atoms with Crippen molar-refractivity contribution in [2.45, 2.75) is 64.8 Å². The van der Waals surface area contributed by atoms with E-state index in [0.717, 1.165) is 12.8 Å². The first kappa shape index (κ1) is 15.0. The van der Waals surface area contributed by atoms with E-state index in [1.807, 2.05) is 13.8 Å². The molecule has 1 saturated carbocycles. The Balaban J connectivity index is 2.28. The molecule has 1 rings (SSSR count). The maximum absolute atomic E-state index is 11.8. The number of carbonyl (C=O) groups excluding carboxylic acids is 1. The zero-order valence-electron chi connectivity index (χ0n) is 11.4. The van der Waals surface area contributed by atoms with Crippen molar-refractivity contribution in [1.29, 1.82) is 0 Å². The molecule has 1 aliphatic rings. The largest absolute Gasteiger partial charge is 0.481 e. The van der Waals surface area contributed by atoms with E-state index in [9.17, 15) is 9.59 Å². The van der Waals surface area contributed by atoms with Gasteiger partial charge < -0.3 is 10.4 Å². The van der Waals surface area contributed by atoms with Crippen LogP contribution in [0.4, 0.5) is 0 Å². The second-order valence-corrected chi connectivity index (χ2v) is 5.63. The molecule has 0 aromatic carbocycles. The van der Waals surface area contributed by atoms with E-state index in [1.54, 1.807) is 0 Å². The van der Waals surface area contributed by atoms with Crippen molar-refractivity contribution in [3.05, 3.63) is 0 Å². The molecule has 104 valence electrons. The Morgan fingerprint density at radius 1 is 1.22 bits per heavy atom. The minimum atomic E-state index is -0.796. The first-order valence-electron chi connectivity index (χ1n) is 7.03. The second kappa shape index (κ2) is 7.39. The Bertz CT molecular complexity index is 283. The number of carbonyl (C=O) groups is 2. The summed E-state index contributed by atoms with van der Waals surface area (Å²) < 4.78 is 0. The zero-order chi connectivity index (χ0) is 13.5. The second-order valence-electron chi connectivity index (χ2n) is 5.63. The van der Waals surface area contributed by atoms with Gasteiger partial charge in [-0.1, -0.05) is 33.1 Å². The van der Waals surface area contributed by atoms with E-state index in [0.29, 0.717) is 18.9 Å². The number of hydrogen-bond donors (Lipinski definition) is 2. The molecule has 0 spiro atoms. The topological polar surface area (TPSA) is 66.4 Å². The monoisotopic (exact) mass is 255 g/mol. The predicted octanol–water partition coefficient (Wildman–Crippen LogP) is 2.57. The molecule has 0 aromatic heterocycles. The summed E-state index contributed by atoms with van der Waals surface area (Å²) in [5.41, 5.74) is 0. The molecule has 4 nitrogen and oxygen atoms in total. The van der Waals surface area contributed by atoms with E-state index in [-0.39, 0.29) is 11.8 Å². The van der Waals surface area contributed by atoms with Gasteiger partial charge in [-0.05, 0) is 25.2 Å². The zero-order valence-corrected chi connectivity index (χ0v) is 11.4. The molecule has 1 aliphatic carbocycles. The van der Waals surface area contributed by atoms with Gasteiger partial charge in [0.15, 0.2) is 0 Å².